The number of H-pyrrole nitrogens is 1. The number of nitrogens with zero attached hydrogens (tertiary/aromatic N) is 6. The van der Waals surface area contributed by atoms with Crippen molar-refractivity contribution >= 4 is 22.5 Å². The number of aromatic amines is 1. The average molecular weight is 444 g/mol. The van der Waals surface area contributed by atoms with Gasteiger partial charge in [0.2, 0.25) is 5.91 Å². The SMILES string of the molecule is Cc1nc2c3ccccc3nn2c(C)c1CCC(=O)N1CCC(c2nc(C3CC3)n[nH]2)CC1. The molecule has 1 amide bonds. The van der Waals surface area contributed by atoms with Crippen LogP contribution >= 0.6 is 0 Å². The number of aryl methyl sites for hydroxylation is 2. The average Bonchev–Trinajstić information content (AvgIpc) is 3.45. The van der Waals surface area contributed by atoms with Gasteiger partial charge in [0, 0.05) is 48.1 Å². The van der Waals surface area contributed by atoms with Gasteiger partial charge in [-0.3, -0.25) is 9.89 Å². The topological polar surface area (TPSA) is 92.1 Å². The van der Waals surface area contributed by atoms with Crippen molar-refractivity contribution in [2.45, 2.75) is 64.2 Å². The van der Waals surface area contributed by atoms with Gasteiger partial charge in [-0.15, -0.1) is 0 Å². The predicted octanol–water partition coefficient (Wildman–Crippen LogP) is 3.83. The molecule has 3 aromatic heterocycles. The van der Waals surface area contributed by atoms with E-state index in [4.69, 9.17) is 15.1 Å². The highest BCUT2D eigenvalue weighted by Crippen LogP contribution is 2.38. The number of hydrogen-bond donors (Lipinski definition) is 1. The van der Waals surface area contributed by atoms with Gasteiger partial charge in [0.05, 0.1) is 5.52 Å². The summed E-state index contributed by atoms with van der Waals surface area (Å²) < 4.78 is 1.93. The smallest absolute Gasteiger partial charge is 0.222 e. The first-order valence-corrected chi connectivity index (χ1v) is 12.0. The minimum atomic E-state index is 0.217. The van der Waals surface area contributed by atoms with Crippen LogP contribution in [0.15, 0.2) is 24.3 Å². The van der Waals surface area contributed by atoms with E-state index in [0.717, 1.165) is 71.1 Å². The molecule has 0 bridgehead atoms. The van der Waals surface area contributed by atoms with Crippen molar-refractivity contribution < 1.29 is 4.79 Å². The third kappa shape index (κ3) is 3.67. The Morgan fingerprint density at radius 2 is 1.85 bits per heavy atom. The van der Waals surface area contributed by atoms with Gasteiger partial charge in [-0.1, -0.05) is 12.1 Å². The van der Waals surface area contributed by atoms with Crippen LogP contribution in [0.4, 0.5) is 0 Å². The minimum Gasteiger partial charge on any atom is -0.343 e. The summed E-state index contributed by atoms with van der Waals surface area (Å²) in [6, 6.07) is 8.08. The Morgan fingerprint density at radius 1 is 1.06 bits per heavy atom. The number of piperidine rings is 1. The maximum Gasteiger partial charge on any atom is 0.222 e. The van der Waals surface area contributed by atoms with Crippen LogP contribution in [0.25, 0.3) is 16.6 Å². The summed E-state index contributed by atoms with van der Waals surface area (Å²) in [6.45, 7) is 5.67. The number of carbonyl (C=O) groups excluding carboxylic acids is 1. The van der Waals surface area contributed by atoms with E-state index >= 15 is 0 Å². The Bertz CT molecular complexity index is 1340. The first kappa shape index (κ1) is 20.3. The van der Waals surface area contributed by atoms with E-state index in [0.29, 0.717) is 24.7 Å². The number of fused-ring (bicyclic) bond motifs is 3. The van der Waals surface area contributed by atoms with Crippen molar-refractivity contribution in [1.29, 1.82) is 0 Å². The third-order valence-corrected chi connectivity index (χ3v) is 7.30. The van der Waals surface area contributed by atoms with E-state index in [-0.39, 0.29) is 5.91 Å². The largest absolute Gasteiger partial charge is 0.343 e. The quantitative estimate of drug-likeness (QED) is 0.506. The Kier molecular flexibility index (Phi) is 4.89. The molecule has 1 aliphatic heterocycles. The minimum absolute atomic E-state index is 0.217. The lowest BCUT2D eigenvalue weighted by Gasteiger charge is -2.31. The summed E-state index contributed by atoms with van der Waals surface area (Å²) >= 11 is 0. The maximum absolute atomic E-state index is 13.0. The van der Waals surface area contributed by atoms with Crippen molar-refractivity contribution in [2.75, 3.05) is 13.1 Å². The van der Waals surface area contributed by atoms with Crippen molar-refractivity contribution in [3.8, 4) is 0 Å². The molecule has 8 heteroatoms. The van der Waals surface area contributed by atoms with Crippen LogP contribution in [0.5, 0.6) is 0 Å². The zero-order valence-corrected chi connectivity index (χ0v) is 19.2. The fourth-order valence-electron chi connectivity index (χ4n) is 5.13. The van der Waals surface area contributed by atoms with Gasteiger partial charge in [-0.2, -0.15) is 10.2 Å². The highest BCUT2D eigenvalue weighted by atomic mass is 16.2. The molecular weight excluding hydrogens is 414 g/mol. The van der Waals surface area contributed by atoms with Gasteiger partial charge in [0.1, 0.15) is 5.82 Å². The summed E-state index contributed by atoms with van der Waals surface area (Å²) in [5, 5.41) is 13.3. The summed E-state index contributed by atoms with van der Waals surface area (Å²) in [7, 11) is 0. The van der Waals surface area contributed by atoms with Crippen molar-refractivity contribution in [3.63, 3.8) is 0 Å². The van der Waals surface area contributed by atoms with Gasteiger partial charge in [-0.05, 0) is 63.6 Å². The monoisotopic (exact) mass is 443 g/mol. The van der Waals surface area contributed by atoms with Gasteiger partial charge >= 0.3 is 0 Å². The van der Waals surface area contributed by atoms with Crippen LogP contribution in [0.2, 0.25) is 0 Å². The second-order valence-corrected chi connectivity index (χ2v) is 9.52. The standard InChI is InChI=1S/C25H29N7O/c1-15-19(16(2)32-25(26-15)20-5-3-4-6-21(20)30-32)9-10-22(33)31-13-11-18(12-14-31)24-27-23(28-29-24)17-7-8-17/h3-6,17-18H,7-14H2,1-2H3,(H,27,28,29). The van der Waals surface area contributed by atoms with Crippen LogP contribution in [0.3, 0.4) is 0 Å². The molecule has 0 unspecified atom stereocenters. The predicted molar refractivity (Wildman–Crippen MR) is 125 cm³/mol. The second kappa shape index (κ2) is 7.93. The Balaban J connectivity index is 1.11. The number of likely N-dealkylation sites (tertiary alicyclic amines) is 1. The van der Waals surface area contributed by atoms with Crippen molar-refractivity contribution in [2.24, 2.45) is 0 Å². The summed E-state index contributed by atoms with van der Waals surface area (Å²) in [4.78, 5) is 24.6. The third-order valence-electron chi connectivity index (χ3n) is 7.30. The first-order valence-electron chi connectivity index (χ1n) is 12.0. The molecule has 33 heavy (non-hydrogen) atoms. The summed E-state index contributed by atoms with van der Waals surface area (Å²) in [6.07, 6.45) is 5.48. The lowest BCUT2D eigenvalue weighted by molar-refractivity contribution is -0.132. The van der Waals surface area contributed by atoms with Crippen LogP contribution in [-0.2, 0) is 11.2 Å². The van der Waals surface area contributed by atoms with Gasteiger partial charge in [-0.25, -0.2) is 14.5 Å². The number of hydrogen-bond acceptors (Lipinski definition) is 5. The zero-order chi connectivity index (χ0) is 22.5. The fourth-order valence-corrected chi connectivity index (χ4v) is 5.13. The van der Waals surface area contributed by atoms with Gasteiger partial charge in [0.15, 0.2) is 11.5 Å². The van der Waals surface area contributed by atoms with Crippen LogP contribution in [0.1, 0.15) is 72.5 Å². The molecule has 8 nitrogen and oxygen atoms in total. The molecule has 1 saturated carbocycles. The molecule has 2 fully saturated rings. The Hall–Kier alpha value is -3.29. The molecule has 1 aromatic carbocycles. The number of benzene rings is 1. The molecule has 1 aliphatic carbocycles. The number of amides is 1. The highest BCUT2D eigenvalue weighted by molar-refractivity contribution is 5.92. The second-order valence-electron chi connectivity index (χ2n) is 9.52. The number of aromatic nitrogens is 6. The van der Waals surface area contributed by atoms with E-state index in [2.05, 4.69) is 23.2 Å². The molecule has 1 saturated heterocycles. The molecule has 4 aromatic rings. The van der Waals surface area contributed by atoms with E-state index in [9.17, 15) is 4.79 Å². The fraction of sp³-hybridized carbons (Fsp3) is 0.480. The highest BCUT2D eigenvalue weighted by Gasteiger charge is 2.30. The van der Waals surface area contributed by atoms with Gasteiger partial charge < -0.3 is 4.90 Å². The molecule has 4 heterocycles. The number of nitrogens with one attached hydrogen (secondary N) is 1. The Morgan fingerprint density at radius 3 is 2.64 bits per heavy atom. The van der Waals surface area contributed by atoms with Crippen molar-refractivity contribution in [3.05, 3.63) is 52.9 Å². The van der Waals surface area contributed by atoms with E-state index < -0.39 is 0 Å². The molecule has 0 radical (unpaired) electrons. The van der Waals surface area contributed by atoms with E-state index in [1.54, 1.807) is 0 Å². The summed E-state index contributed by atoms with van der Waals surface area (Å²) in [5.74, 6) is 3.14. The zero-order valence-electron chi connectivity index (χ0n) is 19.2. The lowest BCUT2D eigenvalue weighted by atomic mass is 9.95. The van der Waals surface area contributed by atoms with Crippen LogP contribution in [-0.4, -0.2) is 53.7 Å². The molecule has 1 N–H and O–H groups in total. The number of carbonyl (C=O) groups is 1. The van der Waals surface area contributed by atoms with Crippen molar-refractivity contribution in [1.82, 2.24) is 34.7 Å². The lowest BCUT2D eigenvalue weighted by Crippen LogP contribution is -2.38. The van der Waals surface area contributed by atoms with Crippen LogP contribution < -0.4 is 0 Å². The Labute approximate surface area is 192 Å². The molecule has 0 spiro atoms. The van der Waals surface area contributed by atoms with Crippen LogP contribution in [0, 0.1) is 13.8 Å². The number of rotatable bonds is 5. The normalized spacial score (nSPS) is 17.3. The van der Waals surface area contributed by atoms with E-state index in [1.807, 2.05) is 34.5 Å². The van der Waals surface area contributed by atoms with E-state index in [1.165, 1.54) is 12.8 Å². The molecular formula is C25H29N7O. The first-order chi connectivity index (χ1) is 16.1. The molecule has 2 aliphatic rings. The molecule has 0 atom stereocenters. The summed E-state index contributed by atoms with van der Waals surface area (Å²) in [5.41, 5.74) is 4.99. The van der Waals surface area contributed by atoms with Gasteiger partial charge in [0.25, 0.3) is 0 Å². The molecule has 170 valence electrons. The molecule has 6 rings (SSSR count). The maximum atomic E-state index is 13.0.